The molecule has 8 nitrogen and oxygen atoms in total. The number of nitrogens with one attached hydrogen (secondary N) is 2. The molecule has 0 fully saturated rings. The van der Waals surface area contributed by atoms with Crippen LogP contribution in [0.1, 0.15) is 23.2 Å². The van der Waals surface area contributed by atoms with E-state index in [1.165, 1.54) is 12.7 Å². The number of phenolic OH excluding ortho intramolecular Hbond substituents is 1. The smallest absolute Gasteiger partial charge is 0.216 e. The average Bonchev–Trinajstić information content (AvgIpc) is 3.30. The zero-order valence-corrected chi connectivity index (χ0v) is 14.3. The van der Waals surface area contributed by atoms with E-state index in [-0.39, 0.29) is 5.75 Å². The Balaban J connectivity index is 1.72. The molecule has 1 aliphatic rings. The van der Waals surface area contributed by atoms with Crippen molar-refractivity contribution in [2.75, 3.05) is 7.11 Å². The summed E-state index contributed by atoms with van der Waals surface area (Å²) in [7, 11) is 1.50. The van der Waals surface area contributed by atoms with E-state index in [0.29, 0.717) is 16.3 Å². The monoisotopic (exact) mass is 356 g/mol. The Morgan fingerprint density at radius 2 is 2.20 bits per heavy atom. The van der Waals surface area contributed by atoms with Gasteiger partial charge < -0.3 is 9.84 Å². The molecule has 25 heavy (non-hydrogen) atoms. The first-order valence-electron chi connectivity index (χ1n) is 7.82. The first-order valence-corrected chi connectivity index (χ1v) is 8.23. The maximum atomic E-state index is 9.67. The molecule has 0 saturated carbocycles. The number of hydrogen-bond donors (Lipinski definition) is 3. The van der Waals surface area contributed by atoms with Crippen LogP contribution in [0.4, 0.5) is 0 Å². The van der Waals surface area contributed by atoms with E-state index in [1.54, 1.807) is 29.1 Å². The summed E-state index contributed by atoms with van der Waals surface area (Å²) in [6.07, 6.45) is 4.71. The summed E-state index contributed by atoms with van der Waals surface area (Å²) in [5.41, 5.74) is 3.87. The minimum Gasteiger partial charge on any atom is -0.504 e. The van der Waals surface area contributed by atoms with Gasteiger partial charge in [-0.05, 0) is 55.2 Å². The second-order valence-corrected chi connectivity index (χ2v) is 6.11. The Morgan fingerprint density at radius 3 is 3.04 bits per heavy atom. The van der Waals surface area contributed by atoms with Crippen LogP contribution in [0.2, 0.25) is 0 Å². The lowest BCUT2D eigenvalue weighted by Gasteiger charge is -2.03. The highest BCUT2D eigenvalue weighted by Gasteiger charge is 2.23. The second kappa shape index (κ2) is 6.17. The lowest BCUT2D eigenvalue weighted by atomic mass is 10.2. The summed E-state index contributed by atoms with van der Waals surface area (Å²) in [5.74, 6) is 1.03. The summed E-state index contributed by atoms with van der Waals surface area (Å²) in [6, 6.07) is 4.97. The van der Waals surface area contributed by atoms with Gasteiger partial charge in [0.1, 0.15) is 5.69 Å². The highest BCUT2D eigenvalue weighted by atomic mass is 32.1. The lowest BCUT2D eigenvalue weighted by molar-refractivity contribution is 0.373. The molecule has 1 aliphatic carbocycles. The summed E-state index contributed by atoms with van der Waals surface area (Å²) in [6.45, 7) is 0. The van der Waals surface area contributed by atoms with Gasteiger partial charge in [-0.1, -0.05) is 0 Å². The van der Waals surface area contributed by atoms with Gasteiger partial charge in [-0.3, -0.25) is 5.10 Å². The minimum atomic E-state index is 0.0762. The molecule has 0 aliphatic heterocycles. The largest absolute Gasteiger partial charge is 0.504 e. The van der Waals surface area contributed by atoms with Crippen LogP contribution in [0.25, 0.3) is 11.5 Å². The summed E-state index contributed by atoms with van der Waals surface area (Å²) < 4.78 is 7.03. The molecule has 0 atom stereocenters. The van der Waals surface area contributed by atoms with Gasteiger partial charge in [0.2, 0.25) is 10.6 Å². The fraction of sp³-hybridized carbons (Fsp3) is 0.250. The van der Waals surface area contributed by atoms with E-state index < -0.39 is 0 Å². The third-order valence-electron chi connectivity index (χ3n) is 4.19. The molecule has 1 aromatic carbocycles. The van der Waals surface area contributed by atoms with Crippen molar-refractivity contribution in [3.05, 3.63) is 39.8 Å². The van der Waals surface area contributed by atoms with Gasteiger partial charge >= 0.3 is 0 Å². The van der Waals surface area contributed by atoms with E-state index in [2.05, 4.69) is 25.5 Å². The molecule has 3 aromatic rings. The molecule has 0 saturated heterocycles. The number of aryl methyl sites for hydroxylation is 1. The molecule has 128 valence electrons. The zero-order chi connectivity index (χ0) is 17.4. The van der Waals surface area contributed by atoms with E-state index in [9.17, 15) is 5.11 Å². The van der Waals surface area contributed by atoms with Crippen molar-refractivity contribution in [2.45, 2.75) is 19.3 Å². The third-order valence-corrected chi connectivity index (χ3v) is 4.46. The third kappa shape index (κ3) is 2.72. The summed E-state index contributed by atoms with van der Waals surface area (Å²) in [5, 5.41) is 28.6. The normalized spacial score (nSPS) is 13.5. The Labute approximate surface area is 148 Å². The Kier molecular flexibility index (Phi) is 3.85. The molecular weight excluding hydrogens is 340 g/mol. The van der Waals surface area contributed by atoms with Gasteiger partial charge in [0.25, 0.3) is 0 Å². The SMILES string of the molecule is COc1cc(/C=N\n2c(-c3n[nH]c4c3CCC4)n[nH]c2=S)ccc1O. The van der Waals surface area contributed by atoms with Gasteiger partial charge in [-0.25, -0.2) is 5.10 Å². The fourth-order valence-corrected chi connectivity index (χ4v) is 3.13. The Bertz CT molecular complexity index is 1020. The van der Waals surface area contributed by atoms with E-state index in [0.717, 1.165) is 36.2 Å². The van der Waals surface area contributed by atoms with Gasteiger partial charge in [0, 0.05) is 11.3 Å². The predicted molar refractivity (Wildman–Crippen MR) is 94.7 cm³/mol. The van der Waals surface area contributed by atoms with Gasteiger partial charge in [0.05, 0.1) is 13.3 Å². The van der Waals surface area contributed by atoms with Crippen LogP contribution in [0.5, 0.6) is 11.5 Å². The van der Waals surface area contributed by atoms with Gasteiger partial charge in [0.15, 0.2) is 11.5 Å². The number of nitrogens with zero attached hydrogens (tertiary/aromatic N) is 4. The number of hydrogen-bond acceptors (Lipinski definition) is 6. The van der Waals surface area contributed by atoms with Crippen LogP contribution in [0.15, 0.2) is 23.3 Å². The predicted octanol–water partition coefficient (Wildman–Crippen LogP) is 2.42. The summed E-state index contributed by atoms with van der Waals surface area (Å²) >= 11 is 5.29. The molecule has 0 spiro atoms. The van der Waals surface area contributed by atoms with Crippen LogP contribution in [-0.2, 0) is 12.8 Å². The van der Waals surface area contributed by atoms with Crippen LogP contribution in [0.3, 0.4) is 0 Å². The van der Waals surface area contributed by atoms with Crippen molar-refractivity contribution in [3.63, 3.8) is 0 Å². The first-order chi connectivity index (χ1) is 12.2. The number of aromatic hydroxyl groups is 1. The molecular formula is C16H16N6O2S. The average molecular weight is 356 g/mol. The fourth-order valence-electron chi connectivity index (χ4n) is 2.96. The van der Waals surface area contributed by atoms with Crippen LogP contribution in [0, 0.1) is 4.77 Å². The number of methoxy groups -OCH3 is 1. The number of rotatable bonds is 4. The minimum absolute atomic E-state index is 0.0762. The molecule has 4 rings (SSSR count). The van der Waals surface area contributed by atoms with Gasteiger partial charge in [-0.15, -0.1) is 0 Å². The van der Waals surface area contributed by atoms with Crippen molar-refractivity contribution >= 4 is 18.4 Å². The van der Waals surface area contributed by atoms with Crippen LogP contribution >= 0.6 is 12.2 Å². The Hall–Kier alpha value is -2.94. The van der Waals surface area contributed by atoms with E-state index in [1.807, 2.05) is 0 Å². The standard InChI is InChI=1S/C16H16N6O2S/c1-24-13-7-9(5-6-12(13)23)8-17-22-15(20-21-16(22)25)14-10-3-2-4-11(10)18-19-14/h5-8,23H,2-4H2,1H3,(H,18,19)(H,21,25)/b17-8-. The van der Waals surface area contributed by atoms with Crippen molar-refractivity contribution < 1.29 is 9.84 Å². The van der Waals surface area contributed by atoms with Crippen LogP contribution < -0.4 is 4.74 Å². The molecule has 0 amide bonds. The van der Waals surface area contributed by atoms with Crippen molar-refractivity contribution in [1.82, 2.24) is 25.1 Å². The first kappa shape index (κ1) is 15.6. The molecule has 2 aromatic heterocycles. The number of benzene rings is 1. The Morgan fingerprint density at radius 1 is 1.32 bits per heavy atom. The molecule has 0 unspecified atom stereocenters. The maximum Gasteiger partial charge on any atom is 0.216 e. The van der Waals surface area contributed by atoms with E-state index in [4.69, 9.17) is 17.0 Å². The highest BCUT2D eigenvalue weighted by molar-refractivity contribution is 7.71. The number of H-pyrrole nitrogens is 2. The number of ether oxygens (including phenoxy) is 1. The topological polar surface area (TPSA) is 104 Å². The highest BCUT2D eigenvalue weighted by Crippen LogP contribution is 2.29. The number of aromatic nitrogens is 5. The van der Waals surface area contributed by atoms with Crippen molar-refractivity contribution in [3.8, 4) is 23.0 Å². The lowest BCUT2D eigenvalue weighted by Crippen LogP contribution is -1.97. The summed E-state index contributed by atoms with van der Waals surface area (Å²) in [4.78, 5) is 0. The molecule has 3 N–H and O–H groups in total. The molecule has 9 heteroatoms. The maximum absolute atomic E-state index is 9.67. The molecule has 2 heterocycles. The zero-order valence-electron chi connectivity index (χ0n) is 13.5. The van der Waals surface area contributed by atoms with E-state index >= 15 is 0 Å². The number of aromatic amines is 2. The molecule has 0 radical (unpaired) electrons. The second-order valence-electron chi connectivity index (χ2n) is 5.72. The number of phenols is 1. The van der Waals surface area contributed by atoms with Gasteiger partial charge in [-0.2, -0.15) is 20.0 Å². The van der Waals surface area contributed by atoms with Crippen LogP contribution in [-0.4, -0.2) is 43.5 Å². The number of fused-ring (bicyclic) bond motifs is 1. The van der Waals surface area contributed by atoms with Crippen molar-refractivity contribution in [1.29, 1.82) is 0 Å². The van der Waals surface area contributed by atoms with Crippen molar-refractivity contribution in [2.24, 2.45) is 5.10 Å². The quantitative estimate of drug-likeness (QED) is 0.492. The molecule has 0 bridgehead atoms.